The average Bonchev–Trinajstić information content (AvgIpc) is 2.36. The van der Waals surface area contributed by atoms with E-state index in [1.54, 1.807) is 21.1 Å². The Morgan fingerprint density at radius 1 is 1.17 bits per heavy atom. The lowest BCUT2D eigenvalue weighted by atomic mass is 9.98. The number of nitrogens with two attached hydrogens (primary N) is 1. The van der Waals surface area contributed by atoms with Gasteiger partial charge in [0.05, 0.1) is 18.8 Å². The van der Waals surface area contributed by atoms with Crippen LogP contribution in [-0.4, -0.2) is 58.6 Å². The van der Waals surface area contributed by atoms with Crippen molar-refractivity contribution in [3.63, 3.8) is 0 Å². The molecular weight excluding hydrogens is 236 g/mol. The highest BCUT2D eigenvalue weighted by atomic mass is 16.5. The van der Waals surface area contributed by atoms with Gasteiger partial charge in [-0.05, 0) is 26.8 Å². The molecule has 0 radical (unpaired) electrons. The summed E-state index contributed by atoms with van der Waals surface area (Å²) in [5, 5.41) is 2.91. The van der Waals surface area contributed by atoms with Crippen LogP contribution in [0.2, 0.25) is 0 Å². The van der Waals surface area contributed by atoms with Gasteiger partial charge in [-0.15, -0.1) is 0 Å². The van der Waals surface area contributed by atoms with Crippen LogP contribution in [0.5, 0.6) is 0 Å². The third-order valence-corrected chi connectivity index (χ3v) is 2.85. The minimum absolute atomic E-state index is 0.364. The number of carbonyl (C=O) groups excluding carboxylic acids is 1. The molecule has 0 fully saturated rings. The largest absolute Gasteiger partial charge is 0.382 e. The van der Waals surface area contributed by atoms with E-state index in [0.717, 1.165) is 6.42 Å². The first-order valence-corrected chi connectivity index (χ1v) is 6.20. The van der Waals surface area contributed by atoms with Crippen LogP contribution in [0.15, 0.2) is 0 Å². The second-order valence-electron chi connectivity index (χ2n) is 4.27. The quantitative estimate of drug-likeness (QED) is 0.480. The van der Waals surface area contributed by atoms with E-state index < -0.39 is 5.54 Å². The van der Waals surface area contributed by atoms with Gasteiger partial charge in [0.15, 0.2) is 0 Å². The number of hydrogen-bond donors (Lipinski definition) is 2. The standard InChI is InChI=1S/C12H26N2O4/c1-12(14-2,11(13)15)5-8-17-6-4-7-18-10-9-16-3/h14H,4-10H2,1-3H3,(H2,13,15). The molecule has 0 aliphatic heterocycles. The molecular formula is C12H26N2O4. The summed E-state index contributed by atoms with van der Waals surface area (Å²) in [4.78, 5) is 11.2. The molecule has 0 spiro atoms. The third kappa shape index (κ3) is 7.60. The molecule has 3 N–H and O–H groups in total. The molecule has 0 aromatic carbocycles. The fourth-order valence-electron chi connectivity index (χ4n) is 1.26. The number of nitrogens with one attached hydrogen (secondary N) is 1. The number of carbonyl (C=O) groups is 1. The van der Waals surface area contributed by atoms with Crippen molar-refractivity contribution in [1.29, 1.82) is 0 Å². The molecule has 1 amide bonds. The normalized spacial score (nSPS) is 14.4. The lowest BCUT2D eigenvalue weighted by Crippen LogP contribution is -2.52. The molecule has 1 atom stereocenters. The Labute approximate surface area is 109 Å². The van der Waals surface area contributed by atoms with Crippen LogP contribution in [0.3, 0.4) is 0 Å². The lowest BCUT2D eigenvalue weighted by molar-refractivity contribution is -0.124. The highest BCUT2D eigenvalue weighted by molar-refractivity contribution is 5.84. The maximum atomic E-state index is 11.2. The zero-order valence-corrected chi connectivity index (χ0v) is 11.7. The van der Waals surface area contributed by atoms with E-state index in [4.69, 9.17) is 19.9 Å². The first kappa shape index (κ1) is 17.3. The second kappa shape index (κ2) is 10.3. The topological polar surface area (TPSA) is 82.8 Å². The first-order valence-electron chi connectivity index (χ1n) is 6.20. The van der Waals surface area contributed by atoms with Crippen LogP contribution in [0, 0.1) is 0 Å². The summed E-state index contributed by atoms with van der Waals surface area (Å²) in [5.41, 5.74) is 4.60. The minimum Gasteiger partial charge on any atom is -0.382 e. The number of ether oxygens (including phenoxy) is 3. The molecule has 0 saturated heterocycles. The number of likely N-dealkylation sites (N-methyl/N-ethyl adjacent to an activating group) is 1. The molecule has 0 saturated carbocycles. The van der Waals surface area contributed by atoms with Gasteiger partial charge in [-0.25, -0.2) is 0 Å². The average molecular weight is 262 g/mol. The fourth-order valence-corrected chi connectivity index (χ4v) is 1.26. The summed E-state index contributed by atoms with van der Waals surface area (Å²) < 4.78 is 15.6. The van der Waals surface area contributed by atoms with Crippen LogP contribution >= 0.6 is 0 Å². The van der Waals surface area contributed by atoms with Gasteiger partial charge in [0.2, 0.25) is 5.91 Å². The molecule has 18 heavy (non-hydrogen) atoms. The van der Waals surface area contributed by atoms with Gasteiger partial charge in [0.25, 0.3) is 0 Å². The van der Waals surface area contributed by atoms with E-state index in [1.807, 2.05) is 0 Å². The van der Waals surface area contributed by atoms with Crippen molar-refractivity contribution in [2.45, 2.75) is 25.3 Å². The highest BCUT2D eigenvalue weighted by Crippen LogP contribution is 2.08. The van der Waals surface area contributed by atoms with Crippen LogP contribution in [0.4, 0.5) is 0 Å². The van der Waals surface area contributed by atoms with E-state index in [1.165, 1.54) is 0 Å². The maximum Gasteiger partial charge on any atom is 0.237 e. The van der Waals surface area contributed by atoms with Gasteiger partial charge in [-0.1, -0.05) is 0 Å². The van der Waals surface area contributed by atoms with E-state index in [2.05, 4.69) is 5.32 Å². The van der Waals surface area contributed by atoms with Crippen molar-refractivity contribution in [2.75, 3.05) is 47.2 Å². The fraction of sp³-hybridized carbons (Fsp3) is 0.917. The zero-order chi connectivity index (χ0) is 13.9. The van der Waals surface area contributed by atoms with E-state index in [-0.39, 0.29) is 5.91 Å². The number of methoxy groups -OCH3 is 1. The zero-order valence-electron chi connectivity index (χ0n) is 11.7. The molecule has 6 heteroatoms. The Kier molecular flexibility index (Phi) is 9.86. The van der Waals surface area contributed by atoms with Crippen LogP contribution in [0.1, 0.15) is 19.8 Å². The molecule has 0 bridgehead atoms. The first-order chi connectivity index (χ1) is 8.56. The van der Waals surface area contributed by atoms with Crippen molar-refractivity contribution >= 4 is 5.91 Å². The number of hydrogen-bond acceptors (Lipinski definition) is 5. The summed E-state index contributed by atoms with van der Waals surface area (Å²) in [6, 6.07) is 0. The van der Waals surface area contributed by atoms with E-state index in [0.29, 0.717) is 39.5 Å². The smallest absolute Gasteiger partial charge is 0.237 e. The van der Waals surface area contributed by atoms with Crippen molar-refractivity contribution in [1.82, 2.24) is 5.32 Å². The Balaban J connectivity index is 3.42. The van der Waals surface area contributed by atoms with Crippen LogP contribution in [0.25, 0.3) is 0 Å². The molecule has 0 aliphatic carbocycles. The van der Waals surface area contributed by atoms with Crippen LogP contribution < -0.4 is 11.1 Å². The van der Waals surface area contributed by atoms with Crippen molar-refractivity contribution in [3.05, 3.63) is 0 Å². The SMILES string of the molecule is CNC(C)(CCOCCCOCCOC)C(N)=O. The summed E-state index contributed by atoms with van der Waals surface area (Å²) in [5.74, 6) is -0.364. The minimum atomic E-state index is -0.699. The summed E-state index contributed by atoms with van der Waals surface area (Å²) in [7, 11) is 3.36. The molecule has 108 valence electrons. The van der Waals surface area contributed by atoms with Crippen molar-refractivity contribution in [2.24, 2.45) is 5.73 Å². The van der Waals surface area contributed by atoms with E-state index in [9.17, 15) is 4.79 Å². The molecule has 0 aliphatic rings. The number of rotatable bonds is 12. The Morgan fingerprint density at radius 2 is 1.78 bits per heavy atom. The number of amides is 1. The Hall–Kier alpha value is -0.690. The molecule has 0 heterocycles. The Bertz CT molecular complexity index is 226. The molecule has 6 nitrogen and oxygen atoms in total. The van der Waals surface area contributed by atoms with Gasteiger partial charge in [0.1, 0.15) is 0 Å². The summed E-state index contributed by atoms with van der Waals surface area (Å²) in [6.45, 7) is 4.76. The summed E-state index contributed by atoms with van der Waals surface area (Å²) >= 11 is 0. The van der Waals surface area contributed by atoms with Gasteiger partial charge < -0.3 is 25.3 Å². The van der Waals surface area contributed by atoms with Gasteiger partial charge in [-0.2, -0.15) is 0 Å². The molecule has 0 aromatic heterocycles. The van der Waals surface area contributed by atoms with Crippen molar-refractivity contribution < 1.29 is 19.0 Å². The maximum absolute atomic E-state index is 11.2. The lowest BCUT2D eigenvalue weighted by Gasteiger charge is -2.25. The molecule has 0 rings (SSSR count). The molecule has 0 aromatic rings. The molecule has 1 unspecified atom stereocenters. The van der Waals surface area contributed by atoms with Gasteiger partial charge in [-0.3, -0.25) is 4.79 Å². The number of primary amides is 1. The van der Waals surface area contributed by atoms with E-state index >= 15 is 0 Å². The van der Waals surface area contributed by atoms with Crippen molar-refractivity contribution in [3.8, 4) is 0 Å². The third-order valence-electron chi connectivity index (χ3n) is 2.85. The monoisotopic (exact) mass is 262 g/mol. The summed E-state index contributed by atoms with van der Waals surface area (Å²) in [6.07, 6.45) is 1.39. The second-order valence-corrected chi connectivity index (χ2v) is 4.27. The van der Waals surface area contributed by atoms with Gasteiger partial charge >= 0.3 is 0 Å². The highest BCUT2D eigenvalue weighted by Gasteiger charge is 2.28. The van der Waals surface area contributed by atoms with Gasteiger partial charge in [0, 0.05) is 26.9 Å². The Morgan fingerprint density at radius 3 is 2.28 bits per heavy atom. The predicted octanol–water partition coefficient (Wildman–Crippen LogP) is -0.0904. The predicted molar refractivity (Wildman–Crippen MR) is 69.4 cm³/mol. The van der Waals surface area contributed by atoms with Crippen LogP contribution in [-0.2, 0) is 19.0 Å².